The van der Waals surface area contributed by atoms with Gasteiger partial charge in [0.25, 0.3) is 0 Å². The van der Waals surface area contributed by atoms with Crippen molar-refractivity contribution in [1.29, 1.82) is 0 Å². The van der Waals surface area contributed by atoms with Crippen LogP contribution in [0.15, 0.2) is 28.7 Å². The third kappa shape index (κ3) is 3.08. The van der Waals surface area contributed by atoms with Crippen LogP contribution in [-0.2, 0) is 0 Å². The van der Waals surface area contributed by atoms with Crippen molar-refractivity contribution in [2.75, 3.05) is 13.6 Å². The molecule has 0 heterocycles. The summed E-state index contributed by atoms with van der Waals surface area (Å²) in [4.78, 5) is 0. The number of nitrogens with two attached hydrogens (primary N) is 1. The van der Waals surface area contributed by atoms with Crippen LogP contribution in [0.4, 0.5) is 0 Å². The lowest BCUT2D eigenvalue weighted by molar-refractivity contribution is 0.127. The van der Waals surface area contributed by atoms with Crippen LogP contribution in [0.5, 0.6) is 0 Å². The minimum atomic E-state index is -0.550. The molecule has 0 bridgehead atoms. The fourth-order valence-corrected chi connectivity index (χ4v) is 1.67. The van der Waals surface area contributed by atoms with Crippen molar-refractivity contribution in [2.45, 2.75) is 6.10 Å². The highest BCUT2D eigenvalue weighted by molar-refractivity contribution is 9.10. The lowest BCUT2D eigenvalue weighted by Crippen LogP contribution is -2.30. The number of benzene rings is 1. The molecule has 0 spiro atoms. The van der Waals surface area contributed by atoms with Gasteiger partial charge in [0.05, 0.1) is 6.10 Å². The van der Waals surface area contributed by atoms with Crippen LogP contribution >= 0.6 is 15.9 Å². The Morgan fingerprint density at radius 2 is 2.15 bits per heavy atom. The zero-order chi connectivity index (χ0) is 9.84. The van der Waals surface area contributed by atoms with Gasteiger partial charge in [-0.3, -0.25) is 5.84 Å². The predicted octanol–water partition coefficient (Wildman–Crippen LogP) is 1.29. The van der Waals surface area contributed by atoms with Crippen molar-refractivity contribution in [3.05, 3.63) is 34.3 Å². The van der Waals surface area contributed by atoms with Gasteiger partial charge in [-0.25, -0.2) is 5.01 Å². The first-order valence-electron chi connectivity index (χ1n) is 3.99. The molecule has 1 unspecified atom stereocenters. The van der Waals surface area contributed by atoms with Crippen molar-refractivity contribution >= 4 is 15.9 Å². The smallest absolute Gasteiger partial charge is 0.0941 e. The van der Waals surface area contributed by atoms with Crippen molar-refractivity contribution in [1.82, 2.24) is 5.01 Å². The SMILES string of the molecule is CN(N)CC(O)c1ccccc1Br. The maximum atomic E-state index is 9.72. The fourth-order valence-electron chi connectivity index (χ4n) is 1.12. The van der Waals surface area contributed by atoms with Crippen LogP contribution in [0.3, 0.4) is 0 Å². The van der Waals surface area contributed by atoms with Gasteiger partial charge >= 0.3 is 0 Å². The highest BCUT2D eigenvalue weighted by atomic mass is 79.9. The Kier molecular flexibility index (Phi) is 3.87. The maximum absolute atomic E-state index is 9.72. The Morgan fingerprint density at radius 1 is 1.54 bits per heavy atom. The molecule has 0 saturated heterocycles. The summed E-state index contributed by atoms with van der Waals surface area (Å²) < 4.78 is 0.907. The van der Waals surface area contributed by atoms with Crippen molar-refractivity contribution in [3.63, 3.8) is 0 Å². The van der Waals surface area contributed by atoms with Crippen LogP contribution in [0.2, 0.25) is 0 Å². The van der Waals surface area contributed by atoms with Gasteiger partial charge in [-0.2, -0.15) is 0 Å². The Hall–Kier alpha value is -0.420. The average Bonchev–Trinajstić information content (AvgIpc) is 2.03. The first-order valence-corrected chi connectivity index (χ1v) is 4.79. The third-order valence-electron chi connectivity index (χ3n) is 1.73. The summed E-state index contributed by atoms with van der Waals surface area (Å²) in [5.74, 6) is 5.44. The second-order valence-corrected chi connectivity index (χ2v) is 3.83. The molecule has 0 aromatic heterocycles. The second-order valence-electron chi connectivity index (χ2n) is 2.98. The highest BCUT2D eigenvalue weighted by Gasteiger charge is 2.11. The number of halogens is 1. The molecule has 0 fully saturated rings. The lowest BCUT2D eigenvalue weighted by Gasteiger charge is -2.16. The van der Waals surface area contributed by atoms with Gasteiger partial charge in [-0.1, -0.05) is 34.1 Å². The van der Waals surface area contributed by atoms with Crippen LogP contribution < -0.4 is 5.84 Å². The average molecular weight is 245 g/mol. The quantitative estimate of drug-likeness (QED) is 0.623. The van der Waals surface area contributed by atoms with Crippen LogP contribution in [0.25, 0.3) is 0 Å². The third-order valence-corrected chi connectivity index (χ3v) is 2.45. The summed E-state index contributed by atoms with van der Waals surface area (Å²) in [5, 5.41) is 11.2. The van der Waals surface area contributed by atoms with E-state index < -0.39 is 6.10 Å². The van der Waals surface area contributed by atoms with Crippen molar-refractivity contribution in [3.8, 4) is 0 Å². The zero-order valence-corrected chi connectivity index (χ0v) is 9.03. The molecular weight excluding hydrogens is 232 g/mol. The summed E-state index contributed by atoms with van der Waals surface area (Å²) in [6.45, 7) is 0.419. The van der Waals surface area contributed by atoms with E-state index >= 15 is 0 Å². The zero-order valence-electron chi connectivity index (χ0n) is 7.44. The molecule has 0 aliphatic carbocycles. The molecule has 0 aliphatic rings. The number of hydrogen-bond acceptors (Lipinski definition) is 3. The van der Waals surface area contributed by atoms with Gasteiger partial charge in [0.2, 0.25) is 0 Å². The second kappa shape index (κ2) is 4.72. The Labute approximate surface area is 86.3 Å². The van der Waals surface area contributed by atoms with E-state index in [2.05, 4.69) is 15.9 Å². The van der Waals surface area contributed by atoms with Crippen molar-refractivity contribution < 1.29 is 5.11 Å². The number of aliphatic hydroxyl groups is 1. The summed E-state index contributed by atoms with van der Waals surface area (Å²) in [5.41, 5.74) is 0.861. The maximum Gasteiger partial charge on any atom is 0.0941 e. The first-order chi connectivity index (χ1) is 6.11. The topological polar surface area (TPSA) is 49.5 Å². The standard InChI is InChI=1S/C9H13BrN2O/c1-12(11)6-9(13)7-4-2-3-5-8(7)10/h2-5,9,13H,6,11H2,1H3. The minimum absolute atomic E-state index is 0.419. The van der Waals surface area contributed by atoms with E-state index in [-0.39, 0.29) is 0 Å². The molecule has 4 heteroatoms. The molecule has 0 saturated carbocycles. The van der Waals surface area contributed by atoms with E-state index in [1.54, 1.807) is 7.05 Å². The monoisotopic (exact) mass is 244 g/mol. The molecule has 1 aromatic carbocycles. The molecule has 13 heavy (non-hydrogen) atoms. The van der Waals surface area contributed by atoms with E-state index in [1.807, 2.05) is 24.3 Å². The lowest BCUT2D eigenvalue weighted by atomic mass is 10.1. The highest BCUT2D eigenvalue weighted by Crippen LogP contribution is 2.22. The van der Waals surface area contributed by atoms with Gasteiger partial charge in [-0.15, -0.1) is 0 Å². The number of nitrogens with zero attached hydrogens (tertiary/aromatic N) is 1. The van der Waals surface area contributed by atoms with Gasteiger partial charge < -0.3 is 5.11 Å². The van der Waals surface area contributed by atoms with E-state index in [1.165, 1.54) is 5.01 Å². The summed E-state index contributed by atoms with van der Waals surface area (Å²) >= 11 is 3.37. The van der Waals surface area contributed by atoms with Gasteiger partial charge in [0.1, 0.15) is 0 Å². The van der Waals surface area contributed by atoms with E-state index in [0.717, 1.165) is 10.0 Å². The molecule has 0 aliphatic heterocycles. The number of rotatable bonds is 3. The fraction of sp³-hybridized carbons (Fsp3) is 0.333. The normalized spacial score (nSPS) is 13.3. The van der Waals surface area contributed by atoms with Crippen LogP contribution in [-0.4, -0.2) is 23.7 Å². The van der Waals surface area contributed by atoms with Gasteiger partial charge in [0, 0.05) is 18.1 Å². The van der Waals surface area contributed by atoms with Gasteiger partial charge in [0.15, 0.2) is 0 Å². The van der Waals surface area contributed by atoms with Crippen molar-refractivity contribution in [2.24, 2.45) is 5.84 Å². The first kappa shape index (κ1) is 10.7. The van der Waals surface area contributed by atoms with Crippen LogP contribution in [0.1, 0.15) is 11.7 Å². The molecular formula is C9H13BrN2O. The van der Waals surface area contributed by atoms with Crippen LogP contribution in [0, 0.1) is 0 Å². The number of aliphatic hydroxyl groups excluding tert-OH is 1. The summed E-state index contributed by atoms with van der Waals surface area (Å²) in [6.07, 6.45) is -0.550. The Morgan fingerprint density at radius 3 is 2.69 bits per heavy atom. The Bertz CT molecular complexity index is 278. The predicted molar refractivity (Wildman–Crippen MR) is 55.9 cm³/mol. The number of likely N-dealkylation sites (N-methyl/N-ethyl adjacent to an activating group) is 1. The van der Waals surface area contributed by atoms with Gasteiger partial charge in [-0.05, 0) is 11.6 Å². The number of hydrazine groups is 1. The molecule has 0 radical (unpaired) electrons. The molecule has 0 amide bonds. The van der Waals surface area contributed by atoms with E-state index in [0.29, 0.717) is 6.54 Å². The van der Waals surface area contributed by atoms with E-state index in [9.17, 15) is 5.11 Å². The van der Waals surface area contributed by atoms with E-state index in [4.69, 9.17) is 5.84 Å². The summed E-state index contributed by atoms with van der Waals surface area (Å²) in [7, 11) is 1.72. The minimum Gasteiger partial charge on any atom is -0.387 e. The number of hydrogen-bond donors (Lipinski definition) is 2. The molecule has 3 nitrogen and oxygen atoms in total. The molecule has 3 N–H and O–H groups in total. The Balaban J connectivity index is 2.76. The molecule has 1 atom stereocenters. The summed E-state index contributed by atoms with van der Waals surface area (Å²) in [6, 6.07) is 7.57. The largest absolute Gasteiger partial charge is 0.387 e. The molecule has 1 aromatic rings. The molecule has 72 valence electrons. The molecule has 1 rings (SSSR count).